The summed E-state index contributed by atoms with van der Waals surface area (Å²) in [6.45, 7) is 4.59. The molecule has 2 aromatic carbocycles. The van der Waals surface area contributed by atoms with Crippen LogP contribution in [0.5, 0.6) is 0 Å². The van der Waals surface area contributed by atoms with E-state index in [0.29, 0.717) is 50.7 Å². The molecule has 0 saturated carbocycles. The molecule has 1 aromatic heterocycles. The van der Waals surface area contributed by atoms with Gasteiger partial charge >= 0.3 is 0 Å². The summed E-state index contributed by atoms with van der Waals surface area (Å²) in [5.41, 5.74) is 3.04. The number of piperazine rings is 1. The average Bonchev–Trinajstić information content (AvgIpc) is 3.27. The van der Waals surface area contributed by atoms with Crippen LogP contribution >= 0.6 is 0 Å². The van der Waals surface area contributed by atoms with Gasteiger partial charge in [0.25, 0.3) is 5.69 Å². The van der Waals surface area contributed by atoms with Crippen LogP contribution in [0.1, 0.15) is 17.9 Å². The molecule has 9 nitrogen and oxygen atoms in total. The van der Waals surface area contributed by atoms with E-state index in [1.165, 1.54) is 12.1 Å². The molecule has 1 aliphatic rings. The van der Waals surface area contributed by atoms with E-state index in [-0.39, 0.29) is 11.6 Å². The van der Waals surface area contributed by atoms with Gasteiger partial charge in [0.05, 0.1) is 4.92 Å². The third-order valence-corrected chi connectivity index (χ3v) is 5.39. The number of nitrogens with zero attached hydrogens (tertiary/aromatic N) is 5. The Balaban J connectivity index is 1.27. The van der Waals surface area contributed by atoms with E-state index < -0.39 is 4.92 Å². The number of aryl methyl sites for hydroxylation is 2. The molecule has 4 rings (SSSR count). The molecule has 0 radical (unpaired) electrons. The minimum atomic E-state index is -0.409. The van der Waals surface area contributed by atoms with Crippen molar-refractivity contribution in [2.45, 2.75) is 19.8 Å². The summed E-state index contributed by atoms with van der Waals surface area (Å²) in [4.78, 5) is 31.3. The van der Waals surface area contributed by atoms with Crippen LogP contribution in [0.15, 0.2) is 53.1 Å². The molecule has 0 unspecified atom stereocenters. The summed E-state index contributed by atoms with van der Waals surface area (Å²) in [7, 11) is 0. The van der Waals surface area contributed by atoms with Crippen LogP contribution in [-0.2, 0) is 11.2 Å². The zero-order valence-electron chi connectivity index (χ0n) is 17.2. The Bertz CT molecular complexity index is 1050. The zero-order chi connectivity index (χ0) is 21.8. The van der Waals surface area contributed by atoms with Crippen LogP contribution in [0.25, 0.3) is 11.4 Å². The minimum absolute atomic E-state index is 0.0541. The summed E-state index contributed by atoms with van der Waals surface area (Å²) in [5.74, 6) is 1.03. The molecule has 1 saturated heterocycles. The zero-order valence-corrected chi connectivity index (χ0v) is 17.2. The van der Waals surface area contributed by atoms with Crippen molar-refractivity contribution in [3.05, 3.63) is 70.1 Å². The summed E-state index contributed by atoms with van der Waals surface area (Å²) < 4.78 is 5.30. The molecule has 31 heavy (non-hydrogen) atoms. The minimum Gasteiger partial charge on any atom is -0.368 e. The van der Waals surface area contributed by atoms with Crippen LogP contribution < -0.4 is 4.90 Å². The maximum Gasteiger partial charge on any atom is 0.269 e. The number of rotatable bonds is 6. The average molecular weight is 421 g/mol. The molecule has 160 valence electrons. The molecule has 9 heteroatoms. The van der Waals surface area contributed by atoms with Crippen molar-refractivity contribution in [2.75, 3.05) is 31.1 Å². The highest BCUT2D eigenvalue weighted by Gasteiger charge is 2.22. The van der Waals surface area contributed by atoms with Crippen molar-refractivity contribution in [2.24, 2.45) is 0 Å². The molecule has 0 aliphatic carbocycles. The van der Waals surface area contributed by atoms with Crippen LogP contribution in [-0.4, -0.2) is 52.1 Å². The molecule has 3 aromatic rings. The number of anilines is 1. The molecule has 2 heterocycles. The maximum absolute atomic E-state index is 12.6. The van der Waals surface area contributed by atoms with Gasteiger partial charge in [-0.2, -0.15) is 4.98 Å². The molecule has 0 spiro atoms. The van der Waals surface area contributed by atoms with Crippen molar-refractivity contribution in [3.8, 4) is 11.4 Å². The lowest BCUT2D eigenvalue weighted by molar-refractivity contribution is -0.384. The van der Waals surface area contributed by atoms with E-state index in [1.807, 2.05) is 36.1 Å². The number of aromatic nitrogens is 2. The SMILES string of the molecule is Cc1ccc(-c2noc(CCC(=O)N3CCN(c4ccc([N+](=O)[O-])cc4)CC3)n2)cc1. The fourth-order valence-corrected chi connectivity index (χ4v) is 3.55. The van der Waals surface area contributed by atoms with Crippen molar-refractivity contribution in [1.29, 1.82) is 0 Å². The maximum atomic E-state index is 12.6. The van der Waals surface area contributed by atoms with Crippen molar-refractivity contribution < 1.29 is 14.2 Å². The first-order chi connectivity index (χ1) is 15.0. The van der Waals surface area contributed by atoms with E-state index in [9.17, 15) is 14.9 Å². The Morgan fingerprint density at radius 2 is 1.74 bits per heavy atom. The lowest BCUT2D eigenvalue weighted by Gasteiger charge is -2.36. The quantitative estimate of drug-likeness (QED) is 0.444. The highest BCUT2D eigenvalue weighted by Crippen LogP contribution is 2.21. The Labute approximate surface area is 179 Å². The van der Waals surface area contributed by atoms with Crippen LogP contribution in [0.4, 0.5) is 11.4 Å². The second-order valence-corrected chi connectivity index (χ2v) is 7.52. The van der Waals surface area contributed by atoms with Crippen LogP contribution in [0.3, 0.4) is 0 Å². The van der Waals surface area contributed by atoms with Crippen LogP contribution in [0.2, 0.25) is 0 Å². The van der Waals surface area contributed by atoms with Crippen molar-refractivity contribution in [1.82, 2.24) is 15.0 Å². The second-order valence-electron chi connectivity index (χ2n) is 7.52. The predicted octanol–water partition coefficient (Wildman–Crippen LogP) is 3.23. The summed E-state index contributed by atoms with van der Waals surface area (Å²) in [5, 5.41) is 14.8. The van der Waals surface area contributed by atoms with Gasteiger partial charge in [-0.05, 0) is 19.1 Å². The Hall–Kier alpha value is -3.75. The lowest BCUT2D eigenvalue weighted by atomic mass is 10.1. The smallest absolute Gasteiger partial charge is 0.269 e. The number of nitro benzene ring substituents is 1. The van der Waals surface area contributed by atoms with Gasteiger partial charge in [0.2, 0.25) is 17.6 Å². The van der Waals surface area contributed by atoms with Gasteiger partial charge < -0.3 is 14.3 Å². The van der Waals surface area contributed by atoms with E-state index in [2.05, 4.69) is 15.0 Å². The summed E-state index contributed by atoms with van der Waals surface area (Å²) >= 11 is 0. The van der Waals surface area contributed by atoms with E-state index in [0.717, 1.165) is 16.8 Å². The number of amides is 1. The second kappa shape index (κ2) is 8.95. The van der Waals surface area contributed by atoms with E-state index in [4.69, 9.17) is 4.52 Å². The Morgan fingerprint density at radius 1 is 1.06 bits per heavy atom. The van der Waals surface area contributed by atoms with E-state index >= 15 is 0 Å². The molecular formula is C22H23N5O4. The first kappa shape index (κ1) is 20.5. The standard InChI is InChI=1S/C22H23N5O4/c1-16-2-4-17(5-3-16)22-23-20(31-24-22)10-11-21(28)26-14-12-25(13-15-26)18-6-8-19(9-7-18)27(29)30/h2-9H,10-15H2,1H3. The summed E-state index contributed by atoms with van der Waals surface area (Å²) in [6.07, 6.45) is 0.716. The molecule has 0 atom stereocenters. The van der Waals surface area contributed by atoms with Gasteiger partial charge in [0.15, 0.2) is 0 Å². The lowest BCUT2D eigenvalue weighted by Crippen LogP contribution is -2.48. The Morgan fingerprint density at radius 3 is 2.39 bits per heavy atom. The number of nitro groups is 1. The number of non-ortho nitro benzene ring substituents is 1. The fraction of sp³-hybridized carbons (Fsp3) is 0.318. The highest BCUT2D eigenvalue weighted by atomic mass is 16.6. The van der Waals surface area contributed by atoms with Crippen LogP contribution in [0, 0.1) is 17.0 Å². The molecule has 0 N–H and O–H groups in total. The largest absolute Gasteiger partial charge is 0.368 e. The number of hydrogen-bond acceptors (Lipinski definition) is 7. The predicted molar refractivity (Wildman–Crippen MR) is 115 cm³/mol. The Kier molecular flexibility index (Phi) is 5.92. The first-order valence-electron chi connectivity index (χ1n) is 10.2. The van der Waals surface area contributed by atoms with Gasteiger partial charge in [0, 0.05) is 62.4 Å². The monoisotopic (exact) mass is 421 g/mol. The van der Waals surface area contributed by atoms with Gasteiger partial charge in [-0.3, -0.25) is 14.9 Å². The fourth-order valence-electron chi connectivity index (χ4n) is 3.55. The van der Waals surface area contributed by atoms with Gasteiger partial charge in [0.1, 0.15) is 0 Å². The third-order valence-electron chi connectivity index (χ3n) is 5.39. The van der Waals surface area contributed by atoms with Gasteiger partial charge in [-0.15, -0.1) is 0 Å². The normalized spacial score (nSPS) is 14.0. The molecular weight excluding hydrogens is 398 g/mol. The molecule has 0 bridgehead atoms. The van der Waals surface area contributed by atoms with Crippen molar-refractivity contribution in [3.63, 3.8) is 0 Å². The number of benzene rings is 2. The number of hydrogen-bond donors (Lipinski definition) is 0. The van der Waals surface area contributed by atoms with Gasteiger partial charge in [-0.1, -0.05) is 35.0 Å². The number of carbonyl (C=O) groups excluding carboxylic acids is 1. The molecule has 1 amide bonds. The highest BCUT2D eigenvalue weighted by molar-refractivity contribution is 5.76. The topological polar surface area (TPSA) is 106 Å². The first-order valence-corrected chi connectivity index (χ1v) is 10.2. The number of carbonyl (C=O) groups is 1. The summed E-state index contributed by atoms with van der Waals surface area (Å²) in [6, 6.07) is 14.4. The molecule has 1 aliphatic heterocycles. The molecule has 1 fully saturated rings. The van der Waals surface area contributed by atoms with Gasteiger partial charge in [-0.25, -0.2) is 0 Å². The third kappa shape index (κ3) is 4.88. The van der Waals surface area contributed by atoms with E-state index in [1.54, 1.807) is 12.1 Å². The van der Waals surface area contributed by atoms with Crippen molar-refractivity contribution >= 4 is 17.3 Å².